The number of carbonyl (C=O) groups excluding carboxylic acids is 2. The number of aromatic nitrogens is 2. The minimum Gasteiger partial charge on any atom is -0.449 e. The Hall–Kier alpha value is -2.47. The molecule has 1 saturated heterocycles. The molecule has 0 saturated carbocycles. The summed E-state index contributed by atoms with van der Waals surface area (Å²) >= 11 is 7.17. The molecule has 1 aliphatic rings. The highest BCUT2D eigenvalue weighted by Gasteiger charge is 2.33. The molecule has 9 nitrogen and oxygen atoms in total. The van der Waals surface area contributed by atoms with E-state index >= 15 is 0 Å². The summed E-state index contributed by atoms with van der Waals surface area (Å²) in [6.07, 6.45) is 5.49. The van der Waals surface area contributed by atoms with Crippen molar-refractivity contribution in [2.24, 2.45) is 0 Å². The minimum atomic E-state index is -3.78. The van der Waals surface area contributed by atoms with Crippen LogP contribution < -0.4 is 0 Å². The highest BCUT2D eigenvalue weighted by molar-refractivity contribution is 7.91. The van der Waals surface area contributed by atoms with Crippen LogP contribution in [0.25, 0.3) is 10.1 Å². The molecule has 35 heavy (non-hydrogen) atoms. The van der Waals surface area contributed by atoms with Gasteiger partial charge in [0.25, 0.3) is 10.0 Å². The van der Waals surface area contributed by atoms with Crippen LogP contribution in [-0.2, 0) is 26.0 Å². The molecule has 0 N–H and O–H groups in total. The highest BCUT2D eigenvalue weighted by Crippen LogP contribution is 2.33. The van der Waals surface area contributed by atoms with E-state index in [0.29, 0.717) is 43.3 Å². The first-order valence-corrected chi connectivity index (χ1v) is 14.1. The number of hydrogen-bond acceptors (Lipinski definition) is 7. The zero-order valence-electron chi connectivity index (χ0n) is 19.4. The summed E-state index contributed by atoms with van der Waals surface area (Å²) < 4.78 is 35.1. The highest BCUT2D eigenvalue weighted by atomic mass is 35.5. The standard InChI is InChI=1S/C23H27ClN4O5S2/c1-2-3-11-33-23(30)28-16-25-14-19(28)5-4-8-26-9-10-27(15-21(26)29)35(31,32)22-12-17-6-7-18(24)13-20(17)34-22/h6-7,12-14,16H,2-5,8-11,15H2,1H3. The Bertz CT molecular complexity index is 1320. The number of piperazine rings is 1. The molecule has 0 unspecified atom stereocenters. The van der Waals surface area contributed by atoms with Gasteiger partial charge >= 0.3 is 6.09 Å². The van der Waals surface area contributed by atoms with Gasteiger partial charge in [-0.3, -0.25) is 4.79 Å². The number of amides is 1. The quantitative estimate of drug-likeness (QED) is 0.382. The number of hydrogen-bond donors (Lipinski definition) is 0. The van der Waals surface area contributed by atoms with E-state index in [2.05, 4.69) is 4.98 Å². The summed E-state index contributed by atoms with van der Waals surface area (Å²) in [5.74, 6) is -0.239. The van der Waals surface area contributed by atoms with E-state index < -0.39 is 16.1 Å². The molecule has 2 aromatic heterocycles. The van der Waals surface area contributed by atoms with E-state index in [1.165, 1.54) is 15.2 Å². The number of thiophene rings is 1. The van der Waals surface area contributed by atoms with Gasteiger partial charge in [0.05, 0.1) is 13.2 Å². The summed E-state index contributed by atoms with van der Waals surface area (Å²) in [4.78, 5) is 30.6. The fourth-order valence-corrected chi connectivity index (χ4v) is 7.07. The second-order valence-electron chi connectivity index (χ2n) is 8.29. The molecule has 0 radical (unpaired) electrons. The molecular formula is C23H27ClN4O5S2. The number of unbranched alkanes of at least 4 members (excludes halogenated alkanes) is 1. The van der Waals surface area contributed by atoms with E-state index in [-0.39, 0.29) is 23.2 Å². The lowest BCUT2D eigenvalue weighted by Gasteiger charge is -2.33. The van der Waals surface area contributed by atoms with Crippen LogP contribution in [0.1, 0.15) is 31.9 Å². The number of ether oxygens (including phenoxy) is 1. The molecule has 1 aliphatic heterocycles. The van der Waals surface area contributed by atoms with E-state index in [9.17, 15) is 18.0 Å². The first kappa shape index (κ1) is 25.6. The van der Waals surface area contributed by atoms with Crippen molar-refractivity contribution >= 4 is 55.0 Å². The summed E-state index contributed by atoms with van der Waals surface area (Å²) in [6, 6.07) is 6.87. The number of carbonyl (C=O) groups is 2. The normalized spacial score (nSPS) is 15.1. The van der Waals surface area contributed by atoms with Gasteiger partial charge in [0.1, 0.15) is 10.5 Å². The number of sulfonamides is 1. The van der Waals surface area contributed by atoms with E-state index in [1.807, 2.05) is 6.92 Å². The number of halogens is 1. The molecule has 1 aromatic carbocycles. The molecule has 1 amide bonds. The number of aryl methyl sites for hydroxylation is 1. The topological polar surface area (TPSA) is 102 Å². The predicted octanol–water partition coefficient (Wildman–Crippen LogP) is 4.00. The zero-order chi connectivity index (χ0) is 25.0. The van der Waals surface area contributed by atoms with Crippen molar-refractivity contribution in [1.82, 2.24) is 18.8 Å². The molecule has 0 atom stereocenters. The van der Waals surface area contributed by atoms with E-state index in [0.717, 1.165) is 34.3 Å². The maximum atomic E-state index is 13.1. The molecule has 0 spiro atoms. The smallest absolute Gasteiger partial charge is 0.419 e. The first-order chi connectivity index (χ1) is 16.8. The molecule has 188 valence electrons. The van der Waals surface area contributed by atoms with Crippen LogP contribution in [0.4, 0.5) is 4.79 Å². The molecule has 3 heterocycles. The van der Waals surface area contributed by atoms with Gasteiger partial charge in [0.2, 0.25) is 5.91 Å². The molecule has 0 aliphatic carbocycles. The van der Waals surface area contributed by atoms with Crippen molar-refractivity contribution < 1.29 is 22.7 Å². The van der Waals surface area contributed by atoms with Crippen molar-refractivity contribution in [3.63, 3.8) is 0 Å². The fourth-order valence-electron chi connectivity index (χ4n) is 3.86. The van der Waals surface area contributed by atoms with Gasteiger partial charge in [-0.05, 0) is 42.8 Å². The summed E-state index contributed by atoms with van der Waals surface area (Å²) in [7, 11) is -3.78. The van der Waals surface area contributed by atoms with Crippen molar-refractivity contribution in [2.75, 3.05) is 32.8 Å². The van der Waals surface area contributed by atoms with Crippen LogP contribution in [0.15, 0.2) is 41.0 Å². The third kappa shape index (κ3) is 5.85. The molecule has 4 rings (SSSR count). The average Bonchev–Trinajstić information content (AvgIpc) is 3.47. The zero-order valence-corrected chi connectivity index (χ0v) is 21.7. The summed E-state index contributed by atoms with van der Waals surface area (Å²) in [6.45, 7) is 3.19. The van der Waals surface area contributed by atoms with Gasteiger partial charge < -0.3 is 9.64 Å². The monoisotopic (exact) mass is 538 g/mol. The van der Waals surface area contributed by atoms with Gasteiger partial charge in [-0.2, -0.15) is 4.31 Å². The van der Waals surface area contributed by atoms with Gasteiger partial charge in [0, 0.05) is 41.2 Å². The fraction of sp³-hybridized carbons (Fsp3) is 0.435. The van der Waals surface area contributed by atoms with Gasteiger partial charge in [0.15, 0.2) is 0 Å². The van der Waals surface area contributed by atoms with Crippen LogP contribution in [0.5, 0.6) is 0 Å². The average molecular weight is 539 g/mol. The van der Waals surface area contributed by atoms with Crippen LogP contribution in [-0.4, -0.2) is 72.0 Å². The lowest BCUT2D eigenvalue weighted by atomic mass is 10.2. The second kappa shape index (κ2) is 11.1. The number of nitrogens with zero attached hydrogens (tertiary/aromatic N) is 4. The number of rotatable bonds is 9. The third-order valence-electron chi connectivity index (χ3n) is 5.83. The van der Waals surface area contributed by atoms with Crippen molar-refractivity contribution in [2.45, 2.75) is 36.8 Å². The van der Waals surface area contributed by atoms with E-state index in [4.69, 9.17) is 16.3 Å². The molecular weight excluding hydrogens is 512 g/mol. The number of benzene rings is 1. The third-order valence-corrected chi connectivity index (χ3v) is 9.46. The second-order valence-corrected chi connectivity index (χ2v) is 12.0. The minimum absolute atomic E-state index is 0.195. The molecule has 1 fully saturated rings. The number of fused-ring (bicyclic) bond motifs is 1. The Morgan fingerprint density at radius 2 is 2.06 bits per heavy atom. The van der Waals surface area contributed by atoms with Gasteiger partial charge in [-0.15, -0.1) is 11.3 Å². The Balaban J connectivity index is 1.31. The largest absolute Gasteiger partial charge is 0.449 e. The van der Waals surface area contributed by atoms with Gasteiger partial charge in [-0.25, -0.2) is 22.8 Å². The van der Waals surface area contributed by atoms with Crippen LogP contribution in [0.3, 0.4) is 0 Å². The maximum absolute atomic E-state index is 13.1. The molecule has 3 aromatic rings. The lowest BCUT2D eigenvalue weighted by Crippen LogP contribution is -2.52. The van der Waals surface area contributed by atoms with Crippen LogP contribution >= 0.6 is 22.9 Å². The summed E-state index contributed by atoms with van der Waals surface area (Å²) in [5, 5.41) is 1.35. The van der Waals surface area contributed by atoms with Crippen molar-refractivity contribution in [1.29, 1.82) is 0 Å². The van der Waals surface area contributed by atoms with Crippen LogP contribution in [0.2, 0.25) is 5.02 Å². The van der Waals surface area contributed by atoms with E-state index in [1.54, 1.807) is 35.4 Å². The van der Waals surface area contributed by atoms with Crippen LogP contribution in [0, 0.1) is 0 Å². The first-order valence-electron chi connectivity index (χ1n) is 11.4. The lowest BCUT2D eigenvalue weighted by molar-refractivity contribution is -0.134. The molecule has 12 heteroatoms. The van der Waals surface area contributed by atoms with Crippen molar-refractivity contribution in [3.05, 3.63) is 47.5 Å². The maximum Gasteiger partial charge on any atom is 0.419 e. The summed E-state index contributed by atoms with van der Waals surface area (Å²) in [5.41, 5.74) is 0.713. The Kier molecular flexibility index (Phi) is 8.10. The van der Waals surface area contributed by atoms with Crippen molar-refractivity contribution in [3.8, 4) is 0 Å². The molecule has 0 bridgehead atoms. The Morgan fingerprint density at radius 3 is 2.83 bits per heavy atom. The van der Waals surface area contributed by atoms with Gasteiger partial charge in [-0.1, -0.05) is 31.0 Å². The number of imidazole rings is 1. The Morgan fingerprint density at radius 1 is 1.23 bits per heavy atom. The SMILES string of the molecule is CCCCOC(=O)n1cncc1CCCN1CCN(S(=O)(=O)c2cc3ccc(Cl)cc3s2)CC1=O. The predicted molar refractivity (Wildman–Crippen MR) is 134 cm³/mol. The Labute approximate surface area is 213 Å².